The van der Waals surface area contributed by atoms with Gasteiger partial charge >= 0.3 is 11.9 Å². The molecule has 1 aliphatic rings. The van der Waals surface area contributed by atoms with Gasteiger partial charge in [-0.3, -0.25) is 14.4 Å². The minimum atomic E-state index is -1.53. The van der Waals surface area contributed by atoms with Gasteiger partial charge in [-0.2, -0.15) is 0 Å². The van der Waals surface area contributed by atoms with Crippen LogP contribution in [0.4, 0.5) is 0 Å². The molecular formula is C20H35NO8. The molecule has 0 bridgehead atoms. The Balaban J connectivity index is 2.84. The first-order valence-corrected chi connectivity index (χ1v) is 10.5. The summed E-state index contributed by atoms with van der Waals surface area (Å²) in [4.78, 5) is 35.8. The third kappa shape index (κ3) is 8.67. The van der Waals surface area contributed by atoms with E-state index in [0.717, 1.165) is 12.8 Å². The minimum absolute atomic E-state index is 0.165. The molecule has 0 aliphatic carbocycles. The maximum Gasteiger partial charge on any atom is 0.306 e. The quantitative estimate of drug-likeness (QED) is 0.404. The lowest BCUT2D eigenvalue weighted by Crippen LogP contribution is -2.65. The average molecular weight is 417 g/mol. The molecule has 0 aromatic rings. The highest BCUT2D eigenvalue weighted by atomic mass is 16.7. The lowest BCUT2D eigenvalue weighted by Gasteiger charge is -2.42. The Morgan fingerprint density at radius 2 is 1.55 bits per heavy atom. The van der Waals surface area contributed by atoms with Crippen LogP contribution >= 0.6 is 0 Å². The largest absolute Gasteiger partial charge is 0.463 e. The molecule has 9 heteroatoms. The average Bonchev–Trinajstić information content (AvgIpc) is 2.68. The number of hydrogen-bond donors (Lipinski definition) is 3. The molecule has 29 heavy (non-hydrogen) atoms. The zero-order valence-corrected chi connectivity index (χ0v) is 17.6. The van der Waals surface area contributed by atoms with E-state index in [1.165, 1.54) is 0 Å². The molecule has 0 spiro atoms. The van der Waals surface area contributed by atoms with Crippen LogP contribution in [0.15, 0.2) is 0 Å². The van der Waals surface area contributed by atoms with Gasteiger partial charge in [0, 0.05) is 19.3 Å². The Labute approximate surface area is 172 Å². The summed E-state index contributed by atoms with van der Waals surface area (Å²) in [5, 5.41) is 23.5. The van der Waals surface area contributed by atoms with Crippen LogP contribution < -0.4 is 5.32 Å². The first-order valence-electron chi connectivity index (χ1n) is 10.5. The summed E-state index contributed by atoms with van der Waals surface area (Å²) in [7, 11) is 0. The van der Waals surface area contributed by atoms with E-state index in [4.69, 9.17) is 14.2 Å². The molecule has 0 saturated carbocycles. The highest BCUT2D eigenvalue weighted by molar-refractivity contribution is 5.76. The molecule has 0 radical (unpaired) electrons. The van der Waals surface area contributed by atoms with E-state index in [1.807, 2.05) is 20.8 Å². The number of hydrogen-bond acceptors (Lipinski definition) is 8. The van der Waals surface area contributed by atoms with E-state index in [0.29, 0.717) is 19.3 Å². The highest BCUT2D eigenvalue weighted by Gasteiger charge is 2.47. The number of nitrogens with one attached hydrogen (secondary N) is 1. The van der Waals surface area contributed by atoms with Gasteiger partial charge in [-0.15, -0.1) is 0 Å². The fourth-order valence-corrected chi connectivity index (χ4v) is 2.96. The minimum Gasteiger partial charge on any atom is -0.463 e. The van der Waals surface area contributed by atoms with Crippen molar-refractivity contribution in [1.82, 2.24) is 5.32 Å². The van der Waals surface area contributed by atoms with Gasteiger partial charge in [-0.25, -0.2) is 0 Å². The fraction of sp³-hybridized carbons (Fsp3) is 0.850. The molecule has 1 amide bonds. The van der Waals surface area contributed by atoms with Gasteiger partial charge in [0.05, 0.1) is 0 Å². The van der Waals surface area contributed by atoms with E-state index in [1.54, 1.807) is 0 Å². The number of aliphatic hydroxyl groups is 2. The van der Waals surface area contributed by atoms with Crippen LogP contribution in [0, 0.1) is 0 Å². The van der Waals surface area contributed by atoms with E-state index in [-0.39, 0.29) is 31.8 Å². The number of esters is 2. The second kappa shape index (κ2) is 13.5. The van der Waals surface area contributed by atoms with E-state index < -0.39 is 42.6 Å². The zero-order valence-electron chi connectivity index (χ0n) is 17.6. The van der Waals surface area contributed by atoms with Crippen LogP contribution in [-0.4, -0.2) is 65.3 Å². The molecule has 3 N–H and O–H groups in total. The topological polar surface area (TPSA) is 131 Å². The Morgan fingerprint density at radius 3 is 2.14 bits per heavy atom. The normalized spacial score (nSPS) is 26.6. The maximum atomic E-state index is 12.1. The molecule has 5 atom stereocenters. The second-order valence-electron chi connectivity index (χ2n) is 7.24. The van der Waals surface area contributed by atoms with E-state index in [9.17, 15) is 24.6 Å². The maximum absolute atomic E-state index is 12.1. The number of ether oxygens (including phenoxy) is 3. The van der Waals surface area contributed by atoms with Crippen molar-refractivity contribution in [1.29, 1.82) is 0 Å². The van der Waals surface area contributed by atoms with Crippen LogP contribution in [0.5, 0.6) is 0 Å². The lowest BCUT2D eigenvalue weighted by molar-refractivity contribution is -0.261. The number of rotatable bonds is 12. The monoisotopic (exact) mass is 417 g/mol. The number of carbonyl (C=O) groups excluding carboxylic acids is 3. The predicted molar refractivity (Wildman–Crippen MR) is 104 cm³/mol. The SMILES string of the molecule is CCCCC(=O)OC[C@H]1OC(O)[C@H](NC(=O)CCC)[C@@H](O)[C@@H]1OC(=O)CCCC. The Hall–Kier alpha value is -1.71. The summed E-state index contributed by atoms with van der Waals surface area (Å²) in [5.41, 5.74) is 0. The molecule has 1 heterocycles. The zero-order chi connectivity index (χ0) is 21.8. The third-order valence-electron chi connectivity index (χ3n) is 4.64. The fourth-order valence-electron chi connectivity index (χ4n) is 2.96. The molecule has 9 nitrogen and oxygen atoms in total. The standard InChI is InChI=1S/C20H35NO8/c1-4-7-10-15(23)27-12-13-19(29-16(24)11-8-5-2)18(25)17(20(26)28-13)21-14(22)9-6-3/h13,17-20,25-26H,4-12H2,1-3H3,(H,21,22)/t13-,17-,18-,19-,20?/m1/s1. The van der Waals surface area contributed by atoms with Gasteiger partial charge < -0.3 is 29.7 Å². The molecule has 1 unspecified atom stereocenters. The van der Waals surface area contributed by atoms with Crippen molar-refractivity contribution in [2.45, 2.75) is 103 Å². The molecular weight excluding hydrogens is 382 g/mol. The second-order valence-corrected chi connectivity index (χ2v) is 7.24. The number of amides is 1. The van der Waals surface area contributed by atoms with E-state index in [2.05, 4.69) is 5.32 Å². The first kappa shape index (κ1) is 25.3. The van der Waals surface area contributed by atoms with Crippen LogP contribution in [0.25, 0.3) is 0 Å². The summed E-state index contributed by atoms with van der Waals surface area (Å²) < 4.78 is 16.0. The van der Waals surface area contributed by atoms with Gasteiger partial charge in [0.15, 0.2) is 12.4 Å². The van der Waals surface area contributed by atoms with Crippen LogP contribution in [0.1, 0.15) is 72.1 Å². The van der Waals surface area contributed by atoms with Crippen molar-refractivity contribution in [3.63, 3.8) is 0 Å². The number of aliphatic hydroxyl groups excluding tert-OH is 2. The van der Waals surface area contributed by atoms with Crippen LogP contribution in [0.2, 0.25) is 0 Å². The Kier molecular flexibility index (Phi) is 11.8. The van der Waals surface area contributed by atoms with Crippen molar-refractivity contribution in [3.05, 3.63) is 0 Å². The molecule has 0 aromatic carbocycles. The van der Waals surface area contributed by atoms with Crippen molar-refractivity contribution in [3.8, 4) is 0 Å². The predicted octanol–water partition coefficient (Wildman–Crippen LogP) is 1.18. The van der Waals surface area contributed by atoms with Crippen molar-refractivity contribution < 1.29 is 38.8 Å². The first-order chi connectivity index (χ1) is 13.8. The van der Waals surface area contributed by atoms with Crippen molar-refractivity contribution >= 4 is 17.8 Å². The summed E-state index contributed by atoms with van der Waals surface area (Å²) >= 11 is 0. The molecule has 1 aliphatic heterocycles. The van der Waals surface area contributed by atoms with Gasteiger partial charge in [0.2, 0.25) is 5.91 Å². The third-order valence-corrected chi connectivity index (χ3v) is 4.64. The summed E-state index contributed by atoms with van der Waals surface area (Å²) in [6, 6.07) is -1.16. The van der Waals surface area contributed by atoms with Crippen molar-refractivity contribution in [2.24, 2.45) is 0 Å². The molecule has 1 fully saturated rings. The molecule has 168 valence electrons. The Bertz CT molecular complexity index is 527. The summed E-state index contributed by atoms with van der Waals surface area (Å²) in [6.45, 7) is 5.42. The van der Waals surface area contributed by atoms with E-state index >= 15 is 0 Å². The van der Waals surface area contributed by atoms with Gasteiger partial charge in [-0.1, -0.05) is 33.6 Å². The molecule has 1 rings (SSSR count). The number of unbranched alkanes of at least 4 members (excludes halogenated alkanes) is 2. The van der Waals surface area contributed by atoms with Crippen molar-refractivity contribution in [2.75, 3.05) is 6.61 Å². The van der Waals surface area contributed by atoms with Crippen LogP contribution in [-0.2, 0) is 28.6 Å². The van der Waals surface area contributed by atoms with Gasteiger partial charge in [-0.05, 0) is 19.3 Å². The highest BCUT2D eigenvalue weighted by Crippen LogP contribution is 2.24. The van der Waals surface area contributed by atoms with Gasteiger partial charge in [0.25, 0.3) is 0 Å². The van der Waals surface area contributed by atoms with Crippen LogP contribution in [0.3, 0.4) is 0 Å². The summed E-state index contributed by atoms with van der Waals surface area (Å²) in [6.07, 6.45) is -1.02. The molecule has 0 aromatic heterocycles. The molecule has 1 saturated heterocycles. The Morgan fingerprint density at radius 1 is 0.931 bits per heavy atom. The smallest absolute Gasteiger partial charge is 0.306 e. The lowest BCUT2D eigenvalue weighted by atomic mass is 9.96. The van der Waals surface area contributed by atoms with Gasteiger partial charge in [0.1, 0.15) is 24.9 Å². The number of carbonyl (C=O) groups is 3. The summed E-state index contributed by atoms with van der Waals surface area (Å²) in [5.74, 6) is -1.33.